The zero-order valence-electron chi connectivity index (χ0n) is 19.1. The zero-order valence-corrected chi connectivity index (χ0v) is 19.1. The number of benzene rings is 1. The predicted octanol–water partition coefficient (Wildman–Crippen LogP) is 4.22. The van der Waals surface area contributed by atoms with Crippen molar-refractivity contribution in [1.29, 1.82) is 0 Å². The van der Waals surface area contributed by atoms with Gasteiger partial charge < -0.3 is 20.5 Å². The summed E-state index contributed by atoms with van der Waals surface area (Å²) in [7, 11) is 0. The molecular weight excluding hydrogens is 462 g/mol. The fourth-order valence-corrected chi connectivity index (χ4v) is 4.99. The number of alkyl halides is 3. The number of nitrogens with zero attached hydrogens (tertiary/aromatic N) is 5. The highest BCUT2D eigenvalue weighted by Crippen LogP contribution is 2.36. The molecule has 7 nitrogen and oxygen atoms in total. The summed E-state index contributed by atoms with van der Waals surface area (Å²) in [6.07, 6.45) is 2.24. The molecule has 1 atom stereocenters. The lowest BCUT2D eigenvalue weighted by Crippen LogP contribution is -2.35. The van der Waals surface area contributed by atoms with Gasteiger partial charge in [0.1, 0.15) is 29.6 Å². The number of nitrogen functional groups attached to an aromatic ring is 1. The first-order valence-electron chi connectivity index (χ1n) is 11.8. The molecule has 0 amide bonds. The van der Waals surface area contributed by atoms with Crippen LogP contribution >= 0.6 is 0 Å². The first kappa shape index (κ1) is 23.5. The summed E-state index contributed by atoms with van der Waals surface area (Å²) in [6, 6.07) is 5.11. The van der Waals surface area contributed by atoms with Crippen molar-refractivity contribution in [3.05, 3.63) is 54.0 Å². The summed E-state index contributed by atoms with van der Waals surface area (Å²) < 4.78 is 55.8. The summed E-state index contributed by atoms with van der Waals surface area (Å²) in [5, 5.41) is 3.47. The van der Waals surface area contributed by atoms with Crippen LogP contribution in [0.5, 0.6) is 0 Å². The highest BCUT2D eigenvalue weighted by atomic mass is 19.4. The van der Waals surface area contributed by atoms with Crippen molar-refractivity contribution in [3.8, 4) is 11.3 Å². The van der Waals surface area contributed by atoms with E-state index in [1.54, 1.807) is 12.3 Å². The molecule has 2 fully saturated rings. The number of piperidine rings is 1. The van der Waals surface area contributed by atoms with Gasteiger partial charge in [-0.25, -0.2) is 19.3 Å². The Morgan fingerprint density at radius 1 is 1.09 bits per heavy atom. The topological polar surface area (TPSA) is 84.9 Å². The van der Waals surface area contributed by atoms with E-state index in [1.807, 2.05) is 0 Å². The number of hydrogen-bond acceptors (Lipinski definition) is 6. The highest BCUT2D eigenvalue weighted by Gasteiger charge is 2.35. The molecule has 1 unspecified atom stereocenters. The average Bonchev–Trinajstić information content (AvgIpc) is 3.49. The van der Waals surface area contributed by atoms with Crippen LogP contribution in [0.15, 0.2) is 36.8 Å². The second-order valence-electron chi connectivity index (χ2n) is 9.18. The van der Waals surface area contributed by atoms with Gasteiger partial charge in [0.15, 0.2) is 0 Å². The fourth-order valence-electron chi connectivity index (χ4n) is 4.99. The molecule has 186 valence electrons. The quantitative estimate of drug-likeness (QED) is 0.523. The molecule has 2 aliphatic rings. The molecule has 2 aliphatic heterocycles. The number of nitrogens with two attached hydrogens (primary N) is 1. The average molecular weight is 490 g/mol. The molecule has 4 heterocycles. The van der Waals surface area contributed by atoms with Gasteiger partial charge in [-0.15, -0.1) is 0 Å². The summed E-state index contributed by atoms with van der Waals surface area (Å²) >= 11 is 0. The number of hydrogen-bond donors (Lipinski definition) is 2. The Morgan fingerprint density at radius 3 is 2.57 bits per heavy atom. The van der Waals surface area contributed by atoms with E-state index in [9.17, 15) is 17.6 Å². The van der Waals surface area contributed by atoms with E-state index in [4.69, 9.17) is 10.7 Å². The lowest BCUT2D eigenvalue weighted by Gasteiger charge is -2.32. The highest BCUT2D eigenvalue weighted by molar-refractivity contribution is 5.60. The molecular formula is C24H27F4N7. The van der Waals surface area contributed by atoms with Crippen LogP contribution in [0.4, 0.5) is 29.2 Å². The first-order chi connectivity index (χ1) is 16.8. The molecule has 3 aromatic rings. The molecule has 2 aromatic heterocycles. The van der Waals surface area contributed by atoms with Gasteiger partial charge in [0.05, 0.1) is 11.3 Å². The Morgan fingerprint density at radius 2 is 1.89 bits per heavy atom. The van der Waals surface area contributed by atoms with Crippen molar-refractivity contribution in [3.63, 3.8) is 0 Å². The Labute approximate surface area is 200 Å². The summed E-state index contributed by atoms with van der Waals surface area (Å²) in [6.45, 7) is 3.15. The number of anilines is 2. The molecule has 11 heteroatoms. The minimum absolute atomic E-state index is 0.142. The minimum atomic E-state index is -4.77. The third kappa shape index (κ3) is 5.09. The molecule has 0 bridgehead atoms. The Bertz CT molecular complexity index is 1180. The molecule has 2 saturated heterocycles. The number of nitrogens with one attached hydrogen (secondary N) is 1. The van der Waals surface area contributed by atoms with Crippen LogP contribution in [-0.4, -0.2) is 45.2 Å². The van der Waals surface area contributed by atoms with E-state index < -0.39 is 17.6 Å². The molecule has 0 spiro atoms. The third-order valence-corrected chi connectivity index (χ3v) is 6.81. The standard InChI is InChI=1S/C24H27F4N7/c25-19-4-3-16(10-18(19)24(26,27)28)20-13-35(12-17-2-1-7-30-17)23(33-20)15-5-8-34(9-6-15)22-11-21(29)31-14-32-22/h3-4,10-11,13-15,17,30H,1-2,5-9,12H2,(H2,29,31,32). The van der Waals surface area contributed by atoms with Gasteiger partial charge in [-0.2, -0.15) is 13.2 Å². The molecule has 0 aliphatic carbocycles. The Balaban J connectivity index is 1.42. The molecule has 0 radical (unpaired) electrons. The number of imidazole rings is 1. The number of halogens is 4. The smallest absolute Gasteiger partial charge is 0.384 e. The number of rotatable bonds is 5. The maximum atomic E-state index is 13.9. The predicted molar refractivity (Wildman–Crippen MR) is 124 cm³/mol. The maximum absolute atomic E-state index is 13.9. The summed E-state index contributed by atoms with van der Waals surface area (Å²) in [5.74, 6) is 0.908. The Kier molecular flexibility index (Phi) is 6.35. The van der Waals surface area contributed by atoms with Crippen LogP contribution in [0.2, 0.25) is 0 Å². The van der Waals surface area contributed by atoms with E-state index in [2.05, 4.69) is 24.8 Å². The van der Waals surface area contributed by atoms with Crippen molar-refractivity contribution >= 4 is 11.6 Å². The molecule has 3 N–H and O–H groups in total. The van der Waals surface area contributed by atoms with Crippen molar-refractivity contribution in [2.45, 2.75) is 50.4 Å². The Hall–Kier alpha value is -3.21. The van der Waals surface area contributed by atoms with Crippen molar-refractivity contribution in [1.82, 2.24) is 24.8 Å². The number of aromatic nitrogens is 4. The van der Waals surface area contributed by atoms with Crippen molar-refractivity contribution in [2.75, 3.05) is 30.3 Å². The van der Waals surface area contributed by atoms with E-state index >= 15 is 0 Å². The molecule has 0 saturated carbocycles. The minimum Gasteiger partial charge on any atom is -0.384 e. The van der Waals surface area contributed by atoms with Crippen LogP contribution < -0.4 is 16.0 Å². The van der Waals surface area contributed by atoms with Crippen LogP contribution in [0.3, 0.4) is 0 Å². The lowest BCUT2D eigenvalue weighted by atomic mass is 9.95. The van der Waals surface area contributed by atoms with Crippen molar-refractivity contribution in [2.24, 2.45) is 0 Å². The second-order valence-corrected chi connectivity index (χ2v) is 9.18. The van der Waals surface area contributed by atoms with E-state index in [0.29, 0.717) is 24.1 Å². The van der Waals surface area contributed by atoms with E-state index in [-0.39, 0.29) is 11.5 Å². The third-order valence-electron chi connectivity index (χ3n) is 6.81. The summed E-state index contributed by atoms with van der Waals surface area (Å²) in [5.41, 5.74) is 5.20. The van der Waals surface area contributed by atoms with Gasteiger partial charge in [0.25, 0.3) is 0 Å². The molecule has 35 heavy (non-hydrogen) atoms. The van der Waals surface area contributed by atoms with Gasteiger partial charge in [0.2, 0.25) is 0 Å². The van der Waals surface area contributed by atoms with Gasteiger partial charge in [-0.05, 0) is 50.4 Å². The second kappa shape index (κ2) is 9.44. The largest absolute Gasteiger partial charge is 0.419 e. The van der Waals surface area contributed by atoms with E-state index in [1.165, 1.54) is 12.4 Å². The maximum Gasteiger partial charge on any atom is 0.419 e. The van der Waals surface area contributed by atoms with Crippen LogP contribution in [0.1, 0.15) is 43.0 Å². The van der Waals surface area contributed by atoms with Gasteiger partial charge in [-0.1, -0.05) is 0 Å². The summed E-state index contributed by atoms with van der Waals surface area (Å²) in [4.78, 5) is 15.2. The van der Waals surface area contributed by atoms with Gasteiger partial charge >= 0.3 is 6.18 Å². The van der Waals surface area contributed by atoms with Crippen LogP contribution in [0, 0.1) is 5.82 Å². The lowest BCUT2D eigenvalue weighted by molar-refractivity contribution is -0.139. The monoisotopic (exact) mass is 489 g/mol. The van der Waals surface area contributed by atoms with Crippen molar-refractivity contribution < 1.29 is 17.6 Å². The van der Waals surface area contributed by atoms with E-state index in [0.717, 1.165) is 69.1 Å². The van der Waals surface area contributed by atoms with Crippen LogP contribution in [-0.2, 0) is 12.7 Å². The SMILES string of the molecule is Nc1cc(N2CCC(c3nc(-c4ccc(F)c(C(F)(F)F)c4)cn3CC3CCCN3)CC2)ncn1. The first-order valence-corrected chi connectivity index (χ1v) is 11.8. The fraction of sp³-hybridized carbons (Fsp3) is 0.458. The van der Waals surface area contributed by atoms with Gasteiger partial charge in [-0.3, -0.25) is 0 Å². The molecule has 1 aromatic carbocycles. The van der Waals surface area contributed by atoms with Gasteiger partial charge in [0, 0.05) is 49.4 Å². The normalized spacial score (nSPS) is 19.4. The molecule has 5 rings (SSSR count). The van der Waals surface area contributed by atoms with Crippen LogP contribution in [0.25, 0.3) is 11.3 Å². The zero-order chi connectivity index (χ0) is 24.6.